The molecule has 2 aromatic rings. The summed E-state index contributed by atoms with van der Waals surface area (Å²) in [5.41, 5.74) is 1.12. The Labute approximate surface area is 193 Å². The van der Waals surface area contributed by atoms with E-state index in [1.807, 2.05) is 0 Å². The standard InChI is InChI=1S/C21H25BrFN3O5S/c1-12-18(24-16-5-4-13(22)9-15(16)23)19(17-3-2-8-26(17)20(12)29)25-32(30,31)21(6-7-21)10-14(28)11-27/h4-5,9,14,24-25,27-28H,2-3,6-8,10-11H2,1H3. The zero-order valence-electron chi connectivity index (χ0n) is 17.5. The van der Waals surface area contributed by atoms with E-state index in [1.165, 1.54) is 12.1 Å². The Morgan fingerprint density at radius 2 is 2.03 bits per heavy atom. The minimum Gasteiger partial charge on any atom is -0.394 e. The minimum absolute atomic E-state index is 0.0864. The summed E-state index contributed by atoms with van der Waals surface area (Å²) in [6.07, 6.45) is 0.672. The Morgan fingerprint density at radius 1 is 1.31 bits per heavy atom. The molecular formula is C21H25BrFN3O5S. The molecule has 1 saturated carbocycles. The number of nitrogens with one attached hydrogen (secondary N) is 2. The number of pyridine rings is 1. The predicted octanol–water partition coefficient (Wildman–Crippen LogP) is 2.77. The van der Waals surface area contributed by atoms with Crippen molar-refractivity contribution in [2.45, 2.75) is 56.4 Å². The summed E-state index contributed by atoms with van der Waals surface area (Å²) in [5, 5.41) is 22.0. The first-order valence-corrected chi connectivity index (χ1v) is 12.7. The molecule has 1 unspecified atom stereocenters. The van der Waals surface area contributed by atoms with Crippen LogP contribution in [0, 0.1) is 12.7 Å². The maximum absolute atomic E-state index is 14.5. The van der Waals surface area contributed by atoms with E-state index in [9.17, 15) is 27.8 Å². The zero-order valence-corrected chi connectivity index (χ0v) is 19.9. The summed E-state index contributed by atoms with van der Waals surface area (Å²) < 4.78 is 44.8. The molecule has 0 radical (unpaired) electrons. The van der Waals surface area contributed by atoms with Crippen molar-refractivity contribution in [3.8, 4) is 0 Å². The second kappa shape index (κ2) is 8.44. The summed E-state index contributed by atoms with van der Waals surface area (Å²) in [5.74, 6) is -0.557. The van der Waals surface area contributed by atoms with Gasteiger partial charge in [0, 0.05) is 22.3 Å². The molecular weight excluding hydrogens is 505 g/mol. The SMILES string of the molecule is Cc1c(Nc2ccc(Br)cc2F)c(NS(=O)(=O)C2(CC(O)CO)CC2)c2n(c1=O)CCC2. The van der Waals surface area contributed by atoms with Crippen LogP contribution in [0.4, 0.5) is 21.5 Å². The number of aromatic nitrogens is 1. The molecule has 0 amide bonds. The van der Waals surface area contributed by atoms with E-state index in [-0.39, 0.29) is 34.6 Å². The lowest BCUT2D eigenvalue weighted by atomic mass is 10.1. The lowest BCUT2D eigenvalue weighted by molar-refractivity contribution is 0.0858. The van der Waals surface area contributed by atoms with Crippen LogP contribution in [-0.2, 0) is 23.0 Å². The van der Waals surface area contributed by atoms with Crippen LogP contribution in [-0.4, -0.2) is 40.7 Å². The van der Waals surface area contributed by atoms with Gasteiger partial charge in [0.15, 0.2) is 0 Å². The number of sulfonamides is 1. The first kappa shape index (κ1) is 23.2. The van der Waals surface area contributed by atoms with Crippen molar-refractivity contribution in [3.63, 3.8) is 0 Å². The molecule has 8 nitrogen and oxygen atoms in total. The van der Waals surface area contributed by atoms with Crippen molar-refractivity contribution in [1.82, 2.24) is 4.57 Å². The number of aliphatic hydroxyl groups is 2. The molecule has 2 aliphatic rings. The maximum atomic E-state index is 14.5. The average Bonchev–Trinajstić information content (AvgIpc) is 3.36. The molecule has 1 aliphatic heterocycles. The summed E-state index contributed by atoms with van der Waals surface area (Å²) >= 11 is 3.21. The number of anilines is 3. The van der Waals surface area contributed by atoms with Gasteiger partial charge in [-0.05, 0) is 57.2 Å². The van der Waals surface area contributed by atoms with E-state index in [4.69, 9.17) is 0 Å². The van der Waals surface area contributed by atoms with Gasteiger partial charge < -0.3 is 20.1 Å². The molecule has 0 bridgehead atoms. The highest BCUT2D eigenvalue weighted by molar-refractivity contribution is 9.10. The van der Waals surface area contributed by atoms with Crippen LogP contribution in [0.5, 0.6) is 0 Å². The third kappa shape index (κ3) is 4.07. The number of aliphatic hydroxyl groups excluding tert-OH is 2. The minimum atomic E-state index is -3.97. The average molecular weight is 530 g/mol. The van der Waals surface area contributed by atoms with Gasteiger partial charge in [0.2, 0.25) is 10.0 Å². The van der Waals surface area contributed by atoms with Crippen LogP contribution in [0.1, 0.15) is 36.9 Å². The molecule has 2 heterocycles. The normalized spacial score (nSPS) is 17.7. The Balaban J connectivity index is 1.80. The fraction of sp³-hybridized carbons (Fsp3) is 0.476. The highest BCUT2D eigenvalue weighted by Crippen LogP contribution is 2.49. The number of hydrogen-bond acceptors (Lipinski definition) is 6. The lowest BCUT2D eigenvalue weighted by Crippen LogP contribution is -2.35. The van der Waals surface area contributed by atoms with E-state index >= 15 is 0 Å². The molecule has 1 fully saturated rings. The van der Waals surface area contributed by atoms with Crippen molar-refractivity contribution < 1.29 is 23.0 Å². The van der Waals surface area contributed by atoms with Gasteiger partial charge in [-0.1, -0.05) is 15.9 Å². The molecule has 32 heavy (non-hydrogen) atoms. The Morgan fingerprint density at radius 3 is 2.66 bits per heavy atom. The van der Waals surface area contributed by atoms with Crippen LogP contribution in [0.15, 0.2) is 27.5 Å². The predicted molar refractivity (Wildman–Crippen MR) is 123 cm³/mol. The molecule has 4 N–H and O–H groups in total. The number of benzene rings is 1. The van der Waals surface area contributed by atoms with E-state index in [0.717, 1.165) is 0 Å². The largest absolute Gasteiger partial charge is 0.394 e. The monoisotopic (exact) mass is 529 g/mol. The lowest BCUT2D eigenvalue weighted by Gasteiger charge is -2.24. The molecule has 1 aromatic heterocycles. The summed E-state index contributed by atoms with van der Waals surface area (Å²) in [6.45, 7) is 1.53. The highest BCUT2D eigenvalue weighted by Gasteiger charge is 2.55. The van der Waals surface area contributed by atoms with E-state index in [0.29, 0.717) is 42.4 Å². The van der Waals surface area contributed by atoms with E-state index in [1.54, 1.807) is 17.6 Å². The van der Waals surface area contributed by atoms with Crippen molar-refractivity contribution in [3.05, 3.63) is 50.1 Å². The van der Waals surface area contributed by atoms with Crippen LogP contribution in [0.25, 0.3) is 0 Å². The smallest absolute Gasteiger partial charge is 0.255 e. The van der Waals surface area contributed by atoms with Crippen LogP contribution in [0.2, 0.25) is 0 Å². The number of nitrogens with zero attached hydrogens (tertiary/aromatic N) is 1. The Hall–Kier alpha value is -1.95. The zero-order chi connectivity index (χ0) is 23.3. The molecule has 4 rings (SSSR count). The quantitative estimate of drug-likeness (QED) is 0.417. The van der Waals surface area contributed by atoms with Gasteiger partial charge in [0.1, 0.15) is 5.82 Å². The summed E-state index contributed by atoms with van der Waals surface area (Å²) in [7, 11) is -3.97. The molecule has 11 heteroatoms. The fourth-order valence-electron chi connectivity index (χ4n) is 4.25. The number of rotatable bonds is 8. The van der Waals surface area contributed by atoms with E-state index in [2.05, 4.69) is 26.0 Å². The van der Waals surface area contributed by atoms with Crippen LogP contribution >= 0.6 is 15.9 Å². The molecule has 0 spiro atoms. The summed E-state index contributed by atoms with van der Waals surface area (Å²) in [6, 6.07) is 4.42. The van der Waals surface area contributed by atoms with Crippen molar-refractivity contribution >= 4 is 43.0 Å². The third-order valence-electron chi connectivity index (χ3n) is 6.22. The van der Waals surface area contributed by atoms with Crippen LogP contribution < -0.4 is 15.6 Å². The number of halogens is 2. The third-order valence-corrected chi connectivity index (χ3v) is 8.91. The Kier molecular flexibility index (Phi) is 6.12. The van der Waals surface area contributed by atoms with Gasteiger partial charge in [0.25, 0.3) is 5.56 Å². The van der Waals surface area contributed by atoms with Gasteiger partial charge in [-0.25, -0.2) is 12.8 Å². The first-order chi connectivity index (χ1) is 15.1. The van der Waals surface area contributed by atoms with Gasteiger partial charge >= 0.3 is 0 Å². The van der Waals surface area contributed by atoms with Gasteiger partial charge in [-0.3, -0.25) is 9.52 Å². The molecule has 1 atom stereocenters. The van der Waals surface area contributed by atoms with Crippen molar-refractivity contribution in [2.75, 3.05) is 16.6 Å². The van der Waals surface area contributed by atoms with Gasteiger partial charge in [0.05, 0.1) is 34.5 Å². The van der Waals surface area contributed by atoms with Crippen LogP contribution in [0.3, 0.4) is 0 Å². The van der Waals surface area contributed by atoms with Crippen molar-refractivity contribution in [2.24, 2.45) is 0 Å². The molecule has 0 saturated heterocycles. The first-order valence-electron chi connectivity index (χ1n) is 10.4. The maximum Gasteiger partial charge on any atom is 0.255 e. The highest BCUT2D eigenvalue weighted by atomic mass is 79.9. The number of hydrogen-bond donors (Lipinski definition) is 4. The van der Waals surface area contributed by atoms with Gasteiger partial charge in [-0.2, -0.15) is 0 Å². The van der Waals surface area contributed by atoms with E-state index < -0.39 is 33.3 Å². The molecule has 174 valence electrons. The number of fused-ring (bicyclic) bond motifs is 1. The summed E-state index contributed by atoms with van der Waals surface area (Å²) in [4.78, 5) is 12.9. The van der Waals surface area contributed by atoms with Gasteiger partial charge in [-0.15, -0.1) is 0 Å². The fourth-order valence-corrected chi connectivity index (χ4v) is 6.34. The second-order valence-electron chi connectivity index (χ2n) is 8.46. The molecule has 1 aromatic carbocycles. The second-order valence-corrected chi connectivity index (χ2v) is 11.5. The van der Waals surface area contributed by atoms with Crippen molar-refractivity contribution in [1.29, 1.82) is 0 Å². The Bertz CT molecular complexity index is 1230. The molecule has 1 aliphatic carbocycles. The topological polar surface area (TPSA) is 121 Å².